The summed E-state index contributed by atoms with van der Waals surface area (Å²) < 4.78 is 5.12. The summed E-state index contributed by atoms with van der Waals surface area (Å²) in [5.74, 6) is 1.56. The van der Waals surface area contributed by atoms with E-state index in [4.69, 9.17) is 17.0 Å². The molecule has 2 aliphatic heterocycles. The van der Waals surface area contributed by atoms with Crippen LogP contribution in [0.2, 0.25) is 0 Å². The maximum atomic E-state index is 11.9. The fraction of sp³-hybridized carbons (Fsp3) is 0.722. The number of quaternary nitrogens is 1. The van der Waals surface area contributed by atoms with E-state index in [2.05, 4.69) is 31.2 Å². The van der Waals surface area contributed by atoms with Crippen molar-refractivity contribution in [3.05, 3.63) is 11.0 Å². The lowest BCUT2D eigenvalue weighted by molar-refractivity contribution is -0.888. The molecule has 0 radical (unpaired) electrons. The van der Waals surface area contributed by atoms with Gasteiger partial charge in [0, 0.05) is 11.0 Å². The molecule has 1 aliphatic carbocycles. The number of carbonyl (C=O) groups is 1. The summed E-state index contributed by atoms with van der Waals surface area (Å²) in [7, 11) is 2.20. The third-order valence-corrected chi connectivity index (χ3v) is 5.84. The van der Waals surface area contributed by atoms with Crippen LogP contribution in [0.1, 0.15) is 32.6 Å². The van der Waals surface area contributed by atoms with Gasteiger partial charge < -0.3 is 20.4 Å². The molecule has 3 fully saturated rings. The molecule has 136 valence electrons. The van der Waals surface area contributed by atoms with E-state index in [-0.39, 0.29) is 10.9 Å². The van der Waals surface area contributed by atoms with Gasteiger partial charge in [-0.2, -0.15) is 5.26 Å². The Morgan fingerprint density at radius 2 is 1.96 bits per heavy atom. The van der Waals surface area contributed by atoms with Crippen molar-refractivity contribution in [2.45, 2.75) is 32.6 Å². The van der Waals surface area contributed by atoms with Gasteiger partial charge in [-0.1, -0.05) is 19.1 Å². The van der Waals surface area contributed by atoms with Crippen molar-refractivity contribution in [3.63, 3.8) is 0 Å². The summed E-state index contributed by atoms with van der Waals surface area (Å²) in [6, 6.07) is 2.07. The highest BCUT2D eigenvalue weighted by atomic mass is 32.1. The van der Waals surface area contributed by atoms with Gasteiger partial charge in [0.05, 0.1) is 26.3 Å². The number of likely N-dealkylation sites (N-methyl/N-ethyl adjacent to an activating group) is 1. The second kappa shape index (κ2) is 8.68. The SMILES string of the molecule is CC1CCC2(CC1)C(=C=[N-])C(=S)NC(=O)C2C#N.C[NH+]1CCOCC1. The number of ether oxygens (including phenoxy) is 1. The molecule has 1 spiro atoms. The molecule has 0 aromatic heterocycles. The Labute approximate surface area is 154 Å². The van der Waals surface area contributed by atoms with Gasteiger partial charge in [0.25, 0.3) is 0 Å². The number of nitriles is 1. The first-order valence-corrected chi connectivity index (χ1v) is 9.27. The molecule has 6 nitrogen and oxygen atoms in total. The Kier molecular flexibility index (Phi) is 6.86. The molecule has 1 unspecified atom stereocenters. The second-order valence-corrected chi connectivity index (χ2v) is 7.68. The number of nitrogens with one attached hydrogen (secondary N) is 2. The van der Waals surface area contributed by atoms with Crippen molar-refractivity contribution in [2.75, 3.05) is 33.4 Å². The third kappa shape index (κ3) is 4.34. The molecule has 0 aromatic rings. The maximum Gasteiger partial charge on any atom is 0.243 e. The largest absolute Gasteiger partial charge is 0.763 e. The number of carbonyl (C=O) groups excluding carboxylic acids is 1. The predicted octanol–water partition coefficient (Wildman–Crippen LogP) is 0.477. The summed E-state index contributed by atoms with van der Waals surface area (Å²) in [5.41, 5.74) is -0.217. The van der Waals surface area contributed by atoms with Crippen LogP contribution in [-0.4, -0.2) is 50.1 Å². The van der Waals surface area contributed by atoms with Crippen LogP contribution in [0.5, 0.6) is 0 Å². The van der Waals surface area contributed by atoms with Crippen LogP contribution < -0.4 is 10.2 Å². The summed E-state index contributed by atoms with van der Waals surface area (Å²) in [6.07, 6.45) is 3.25. The van der Waals surface area contributed by atoms with E-state index in [0.29, 0.717) is 24.3 Å². The van der Waals surface area contributed by atoms with Gasteiger partial charge in [0.15, 0.2) is 0 Å². The van der Waals surface area contributed by atoms with Crippen LogP contribution in [-0.2, 0) is 9.53 Å². The average Bonchev–Trinajstić information content (AvgIpc) is 2.59. The van der Waals surface area contributed by atoms with E-state index in [1.807, 2.05) is 0 Å². The average molecular weight is 362 g/mol. The van der Waals surface area contributed by atoms with Crippen LogP contribution in [0, 0.1) is 28.6 Å². The fourth-order valence-electron chi connectivity index (χ4n) is 3.75. The molecular weight excluding hydrogens is 336 g/mol. The lowest BCUT2D eigenvalue weighted by atomic mass is 9.59. The van der Waals surface area contributed by atoms with E-state index < -0.39 is 11.3 Å². The summed E-state index contributed by atoms with van der Waals surface area (Å²) in [5, 5.41) is 21.1. The lowest BCUT2D eigenvalue weighted by Crippen LogP contribution is -3.11. The van der Waals surface area contributed by atoms with Crippen LogP contribution in [0.25, 0.3) is 5.41 Å². The van der Waals surface area contributed by atoms with Crippen molar-refractivity contribution in [3.8, 4) is 6.07 Å². The molecule has 2 N–H and O–H groups in total. The van der Waals surface area contributed by atoms with Gasteiger partial charge in [0.2, 0.25) is 5.91 Å². The van der Waals surface area contributed by atoms with Crippen molar-refractivity contribution < 1.29 is 14.4 Å². The van der Waals surface area contributed by atoms with Gasteiger partial charge in [-0.3, -0.25) is 10.7 Å². The van der Waals surface area contributed by atoms with Gasteiger partial charge in [-0.25, -0.2) is 0 Å². The number of hydrogen-bond acceptors (Lipinski definition) is 4. The maximum absolute atomic E-state index is 11.9. The van der Waals surface area contributed by atoms with Crippen LogP contribution >= 0.6 is 12.2 Å². The zero-order valence-corrected chi connectivity index (χ0v) is 15.7. The van der Waals surface area contributed by atoms with Crippen molar-refractivity contribution in [1.29, 1.82) is 5.26 Å². The summed E-state index contributed by atoms with van der Waals surface area (Å²) in [6.45, 7) is 6.42. The molecular formula is C18H26N4O2S. The molecule has 2 saturated heterocycles. The minimum Gasteiger partial charge on any atom is -0.763 e. The van der Waals surface area contributed by atoms with E-state index >= 15 is 0 Å². The summed E-state index contributed by atoms with van der Waals surface area (Å²) >= 11 is 5.09. The number of piperidine rings is 1. The minimum atomic E-state index is -0.786. The van der Waals surface area contributed by atoms with Crippen molar-refractivity contribution in [2.24, 2.45) is 17.3 Å². The van der Waals surface area contributed by atoms with Crippen LogP contribution in [0.15, 0.2) is 5.57 Å². The minimum absolute atomic E-state index is 0.212. The zero-order valence-electron chi connectivity index (χ0n) is 14.9. The number of nitrogens with zero attached hydrogens (tertiary/aromatic N) is 2. The number of morpholine rings is 1. The molecule has 7 heteroatoms. The predicted molar refractivity (Wildman–Crippen MR) is 99.2 cm³/mol. The molecule has 3 rings (SSSR count). The van der Waals surface area contributed by atoms with Crippen LogP contribution in [0.3, 0.4) is 0 Å². The fourth-order valence-corrected chi connectivity index (χ4v) is 4.10. The smallest absolute Gasteiger partial charge is 0.243 e. The topological polar surface area (TPSA) is 88.9 Å². The first-order chi connectivity index (χ1) is 11.9. The number of rotatable bonds is 0. The van der Waals surface area contributed by atoms with Gasteiger partial charge in [-0.05, 0) is 31.6 Å². The standard InChI is InChI=1S/C13H14N3OS.C5H11NO/c1-8-2-4-13(5-3-8)9(6-14)11(17)16-12(18)10(13)7-15;1-6-2-4-7-5-3-6/h8-9H,2-5H2,1H3,(H,16,17,18);2-5H2,1H3/q-1;/p+1. The van der Waals surface area contributed by atoms with Gasteiger partial charge in [0.1, 0.15) is 24.0 Å². The van der Waals surface area contributed by atoms with Crippen LogP contribution in [0.4, 0.5) is 0 Å². The highest BCUT2D eigenvalue weighted by Gasteiger charge is 2.51. The molecule has 25 heavy (non-hydrogen) atoms. The summed E-state index contributed by atoms with van der Waals surface area (Å²) in [4.78, 5) is 13.7. The molecule has 1 saturated carbocycles. The molecule has 0 bridgehead atoms. The molecule has 3 aliphatic rings. The Bertz CT molecular complexity index is 607. The van der Waals surface area contributed by atoms with Crippen molar-refractivity contribution in [1.82, 2.24) is 5.32 Å². The van der Waals surface area contributed by atoms with Crippen molar-refractivity contribution >= 4 is 29.0 Å². The molecule has 2 heterocycles. The van der Waals surface area contributed by atoms with E-state index in [1.165, 1.54) is 13.1 Å². The highest BCUT2D eigenvalue weighted by molar-refractivity contribution is 7.80. The Hall–Kier alpha value is -1.58. The monoisotopic (exact) mass is 362 g/mol. The quantitative estimate of drug-likeness (QED) is 0.373. The second-order valence-electron chi connectivity index (χ2n) is 7.28. The van der Waals surface area contributed by atoms with Gasteiger partial charge >= 0.3 is 0 Å². The normalized spacial score (nSPS) is 32.9. The highest BCUT2D eigenvalue weighted by Crippen LogP contribution is 2.50. The molecule has 1 amide bonds. The Morgan fingerprint density at radius 3 is 2.40 bits per heavy atom. The van der Waals surface area contributed by atoms with E-state index in [9.17, 15) is 15.5 Å². The first kappa shape index (κ1) is 19.7. The Balaban J connectivity index is 0.000000269. The lowest BCUT2D eigenvalue weighted by Gasteiger charge is -2.46. The molecule has 1 atom stereocenters. The number of amides is 1. The van der Waals surface area contributed by atoms with Gasteiger partial charge in [-0.15, -0.1) is 0 Å². The zero-order chi connectivity index (χ0) is 18.4. The number of hydrogen-bond donors (Lipinski definition) is 2. The first-order valence-electron chi connectivity index (χ1n) is 8.86. The molecule has 0 aromatic carbocycles. The van der Waals surface area contributed by atoms with E-state index in [1.54, 1.807) is 4.90 Å². The third-order valence-electron chi connectivity index (χ3n) is 5.53. The van der Waals surface area contributed by atoms with E-state index in [0.717, 1.165) is 26.1 Å². The Morgan fingerprint density at radius 1 is 1.36 bits per heavy atom. The number of thiocarbonyl (C=S) groups is 1.